The van der Waals surface area contributed by atoms with Crippen LogP contribution < -0.4 is 0 Å². The van der Waals surface area contributed by atoms with Gasteiger partial charge in [-0.25, -0.2) is 15.0 Å². The Bertz CT molecular complexity index is 806. The molecule has 1 unspecified atom stereocenters. The molecule has 0 N–H and O–H groups in total. The Morgan fingerprint density at radius 2 is 1.91 bits per heavy atom. The predicted octanol–water partition coefficient (Wildman–Crippen LogP) is 2.25. The van der Waals surface area contributed by atoms with Crippen molar-refractivity contribution in [1.82, 2.24) is 24.8 Å². The van der Waals surface area contributed by atoms with Crippen molar-refractivity contribution < 1.29 is 4.79 Å². The molecule has 22 heavy (non-hydrogen) atoms. The summed E-state index contributed by atoms with van der Waals surface area (Å²) in [6, 6.07) is 9.08. The highest BCUT2D eigenvalue weighted by atomic mass is 16.2. The smallest absolute Gasteiger partial charge is 0.274 e. The maximum atomic E-state index is 12.6. The van der Waals surface area contributed by atoms with Crippen LogP contribution in [0.2, 0.25) is 0 Å². The van der Waals surface area contributed by atoms with Gasteiger partial charge >= 0.3 is 0 Å². The van der Waals surface area contributed by atoms with Crippen molar-refractivity contribution in [2.45, 2.75) is 13.0 Å². The largest absolute Gasteiger partial charge is 0.332 e. The van der Waals surface area contributed by atoms with E-state index < -0.39 is 0 Å². The van der Waals surface area contributed by atoms with E-state index in [0.29, 0.717) is 11.2 Å². The van der Waals surface area contributed by atoms with Crippen molar-refractivity contribution in [3.05, 3.63) is 60.4 Å². The van der Waals surface area contributed by atoms with Crippen molar-refractivity contribution in [3.8, 4) is 0 Å². The van der Waals surface area contributed by atoms with Gasteiger partial charge in [0, 0.05) is 13.2 Å². The first-order chi connectivity index (χ1) is 10.7. The third-order valence-electron chi connectivity index (χ3n) is 3.60. The van der Waals surface area contributed by atoms with E-state index in [2.05, 4.69) is 19.9 Å². The quantitative estimate of drug-likeness (QED) is 0.740. The van der Waals surface area contributed by atoms with Crippen molar-refractivity contribution in [2.75, 3.05) is 7.05 Å². The van der Waals surface area contributed by atoms with E-state index in [1.54, 1.807) is 24.2 Å². The van der Waals surface area contributed by atoms with E-state index in [1.807, 2.05) is 31.2 Å². The normalized spacial score (nSPS) is 12.1. The number of para-hydroxylation sites is 2. The van der Waals surface area contributed by atoms with Crippen molar-refractivity contribution in [3.63, 3.8) is 0 Å². The Morgan fingerprint density at radius 1 is 1.14 bits per heavy atom. The molecular formula is C16H15N5O. The monoisotopic (exact) mass is 293 g/mol. The maximum Gasteiger partial charge on any atom is 0.274 e. The van der Waals surface area contributed by atoms with Crippen molar-refractivity contribution in [1.29, 1.82) is 0 Å². The molecule has 3 aromatic rings. The Hall–Kier alpha value is -2.89. The number of benzene rings is 1. The maximum absolute atomic E-state index is 12.6. The fourth-order valence-corrected chi connectivity index (χ4v) is 2.16. The SMILES string of the molecule is CC(c1ccncn1)N(C)C(=O)c1cnc2ccccc2n1. The minimum Gasteiger partial charge on any atom is -0.332 e. The Balaban J connectivity index is 1.88. The zero-order valence-electron chi connectivity index (χ0n) is 12.3. The number of carbonyl (C=O) groups excluding carboxylic acids is 1. The summed E-state index contributed by atoms with van der Waals surface area (Å²) in [5.41, 5.74) is 2.57. The molecule has 2 aromatic heterocycles. The topological polar surface area (TPSA) is 71.9 Å². The fraction of sp³-hybridized carbons (Fsp3) is 0.188. The number of nitrogens with zero attached hydrogens (tertiary/aromatic N) is 5. The lowest BCUT2D eigenvalue weighted by Crippen LogP contribution is -2.30. The standard InChI is InChI=1S/C16H15N5O/c1-11(12-7-8-17-10-19-12)21(2)16(22)15-9-18-13-5-3-4-6-14(13)20-15/h3-11H,1-2H3. The van der Waals surface area contributed by atoms with Crippen LogP contribution in [0.15, 0.2) is 49.1 Å². The van der Waals surface area contributed by atoms with Gasteiger partial charge in [0.25, 0.3) is 5.91 Å². The molecule has 0 aliphatic heterocycles. The third kappa shape index (κ3) is 2.63. The lowest BCUT2D eigenvalue weighted by atomic mass is 10.2. The van der Waals surface area contributed by atoms with Crippen LogP contribution in [0.4, 0.5) is 0 Å². The molecule has 0 saturated heterocycles. The van der Waals surface area contributed by atoms with Gasteiger partial charge in [-0.1, -0.05) is 12.1 Å². The van der Waals surface area contributed by atoms with Crippen LogP contribution in [-0.4, -0.2) is 37.8 Å². The predicted molar refractivity (Wildman–Crippen MR) is 82.1 cm³/mol. The second-order valence-corrected chi connectivity index (χ2v) is 4.97. The number of amides is 1. The third-order valence-corrected chi connectivity index (χ3v) is 3.60. The van der Waals surface area contributed by atoms with Crippen LogP contribution in [0, 0.1) is 0 Å². The Morgan fingerprint density at radius 3 is 2.64 bits per heavy atom. The summed E-state index contributed by atoms with van der Waals surface area (Å²) in [5.74, 6) is -0.190. The summed E-state index contributed by atoms with van der Waals surface area (Å²) >= 11 is 0. The van der Waals surface area contributed by atoms with Gasteiger partial charge in [-0.15, -0.1) is 0 Å². The van der Waals surface area contributed by atoms with E-state index in [0.717, 1.165) is 11.2 Å². The molecule has 0 aliphatic rings. The van der Waals surface area contributed by atoms with Crippen LogP contribution in [0.5, 0.6) is 0 Å². The van der Waals surface area contributed by atoms with Gasteiger partial charge in [0.15, 0.2) is 0 Å². The van der Waals surface area contributed by atoms with Crippen LogP contribution in [0.25, 0.3) is 11.0 Å². The number of rotatable bonds is 3. The van der Waals surface area contributed by atoms with Gasteiger partial charge in [0.05, 0.1) is 29.0 Å². The van der Waals surface area contributed by atoms with Crippen LogP contribution in [0.1, 0.15) is 29.1 Å². The van der Waals surface area contributed by atoms with Gasteiger partial charge in [-0.2, -0.15) is 0 Å². The highest BCUT2D eigenvalue weighted by Gasteiger charge is 2.21. The molecule has 0 radical (unpaired) electrons. The van der Waals surface area contributed by atoms with Crippen LogP contribution >= 0.6 is 0 Å². The molecule has 2 heterocycles. The molecule has 110 valence electrons. The lowest BCUT2D eigenvalue weighted by molar-refractivity contribution is 0.0733. The molecular weight excluding hydrogens is 278 g/mol. The molecule has 3 rings (SSSR count). The summed E-state index contributed by atoms with van der Waals surface area (Å²) in [7, 11) is 1.73. The number of aromatic nitrogens is 4. The highest BCUT2D eigenvalue weighted by Crippen LogP contribution is 2.18. The van der Waals surface area contributed by atoms with Gasteiger partial charge in [-0.05, 0) is 25.1 Å². The van der Waals surface area contributed by atoms with Crippen molar-refractivity contribution >= 4 is 16.9 Å². The highest BCUT2D eigenvalue weighted by molar-refractivity contribution is 5.93. The Kier molecular flexibility index (Phi) is 3.74. The molecule has 1 aromatic carbocycles. The second-order valence-electron chi connectivity index (χ2n) is 4.97. The first-order valence-corrected chi connectivity index (χ1v) is 6.91. The molecule has 0 aliphatic carbocycles. The average Bonchev–Trinajstić information content (AvgIpc) is 2.60. The molecule has 6 nitrogen and oxygen atoms in total. The molecule has 0 saturated carbocycles. The van der Waals surface area contributed by atoms with E-state index in [9.17, 15) is 4.79 Å². The van der Waals surface area contributed by atoms with E-state index in [-0.39, 0.29) is 11.9 Å². The molecule has 0 bridgehead atoms. The first-order valence-electron chi connectivity index (χ1n) is 6.91. The number of fused-ring (bicyclic) bond motifs is 1. The molecule has 0 fully saturated rings. The Labute approximate surface area is 127 Å². The zero-order chi connectivity index (χ0) is 15.5. The average molecular weight is 293 g/mol. The molecule has 1 atom stereocenters. The summed E-state index contributed by atoms with van der Waals surface area (Å²) in [6.07, 6.45) is 4.64. The van der Waals surface area contributed by atoms with Gasteiger partial charge < -0.3 is 4.90 Å². The number of carbonyl (C=O) groups is 1. The summed E-state index contributed by atoms with van der Waals surface area (Å²) in [5, 5.41) is 0. The lowest BCUT2D eigenvalue weighted by Gasteiger charge is -2.23. The van der Waals surface area contributed by atoms with Gasteiger partial charge in [-0.3, -0.25) is 9.78 Å². The van der Waals surface area contributed by atoms with Crippen LogP contribution in [0.3, 0.4) is 0 Å². The minimum absolute atomic E-state index is 0.177. The van der Waals surface area contributed by atoms with E-state index >= 15 is 0 Å². The second kappa shape index (κ2) is 5.85. The summed E-state index contributed by atoms with van der Waals surface area (Å²) in [4.78, 5) is 30.9. The molecule has 1 amide bonds. The van der Waals surface area contributed by atoms with E-state index in [1.165, 1.54) is 12.5 Å². The van der Waals surface area contributed by atoms with Gasteiger partial charge in [0.2, 0.25) is 0 Å². The molecule has 0 spiro atoms. The first kappa shape index (κ1) is 14.1. The summed E-state index contributed by atoms with van der Waals surface area (Å²) in [6.45, 7) is 1.91. The zero-order valence-corrected chi connectivity index (χ0v) is 12.3. The van der Waals surface area contributed by atoms with Gasteiger partial charge in [0.1, 0.15) is 12.0 Å². The summed E-state index contributed by atoms with van der Waals surface area (Å²) < 4.78 is 0. The molecule has 6 heteroatoms. The van der Waals surface area contributed by atoms with Crippen molar-refractivity contribution in [2.24, 2.45) is 0 Å². The number of hydrogen-bond acceptors (Lipinski definition) is 5. The van der Waals surface area contributed by atoms with Crippen LogP contribution in [-0.2, 0) is 0 Å². The number of hydrogen-bond donors (Lipinski definition) is 0. The van der Waals surface area contributed by atoms with E-state index in [4.69, 9.17) is 0 Å². The fourth-order valence-electron chi connectivity index (χ4n) is 2.16. The minimum atomic E-state index is -0.190.